The molecule has 0 atom stereocenters. The van der Waals surface area contributed by atoms with E-state index in [2.05, 4.69) is 10.4 Å². The number of carbonyl (C=O) groups excluding carboxylic acids is 1. The van der Waals surface area contributed by atoms with Crippen molar-refractivity contribution in [2.45, 2.75) is 25.3 Å². The molecule has 1 aliphatic rings. The molecular formula is C23H26N4O4S. The molecule has 0 aliphatic carbocycles. The molecule has 3 aromatic rings. The number of rotatable bonds is 6. The highest BCUT2D eigenvalue weighted by atomic mass is 32.2. The third kappa shape index (κ3) is 4.59. The van der Waals surface area contributed by atoms with Gasteiger partial charge < -0.3 is 10.1 Å². The Morgan fingerprint density at radius 2 is 1.69 bits per heavy atom. The van der Waals surface area contributed by atoms with Crippen LogP contribution < -0.4 is 5.32 Å². The van der Waals surface area contributed by atoms with Crippen LogP contribution >= 0.6 is 0 Å². The monoisotopic (exact) mass is 454 g/mol. The van der Waals surface area contributed by atoms with E-state index in [1.54, 1.807) is 30.7 Å². The summed E-state index contributed by atoms with van der Waals surface area (Å²) in [6, 6.07) is 16.5. The molecule has 1 amide bonds. The molecule has 2 aromatic carbocycles. The first kappa shape index (κ1) is 22.2. The van der Waals surface area contributed by atoms with Crippen LogP contribution in [0.15, 0.2) is 59.5 Å². The predicted molar refractivity (Wildman–Crippen MR) is 121 cm³/mol. The van der Waals surface area contributed by atoms with E-state index in [0.717, 1.165) is 11.3 Å². The van der Waals surface area contributed by atoms with Gasteiger partial charge in [-0.15, -0.1) is 0 Å². The lowest BCUT2D eigenvalue weighted by molar-refractivity contribution is 0.0730. The van der Waals surface area contributed by atoms with E-state index >= 15 is 0 Å². The fourth-order valence-electron chi connectivity index (χ4n) is 3.78. The predicted octanol–water partition coefficient (Wildman–Crippen LogP) is 2.82. The van der Waals surface area contributed by atoms with Gasteiger partial charge >= 0.3 is 0 Å². The van der Waals surface area contributed by atoms with Crippen molar-refractivity contribution in [1.29, 1.82) is 0 Å². The summed E-state index contributed by atoms with van der Waals surface area (Å²) in [6.07, 6.45) is 0. The molecule has 1 fully saturated rings. The van der Waals surface area contributed by atoms with Gasteiger partial charge in [-0.2, -0.15) is 9.40 Å². The molecule has 1 N–H and O–H groups in total. The number of hydrogen-bond acceptors (Lipinski definition) is 5. The van der Waals surface area contributed by atoms with Crippen molar-refractivity contribution >= 4 is 21.6 Å². The Morgan fingerprint density at radius 3 is 2.34 bits per heavy atom. The number of nitrogens with zero attached hydrogens (tertiary/aromatic N) is 3. The molecule has 0 spiro atoms. The SMILES string of the molecule is Cc1nn(Cc2ccc(C(=O)Nc3ccccc3)cc2)c(C)c1S(=O)(=O)N1CCOCC1. The number of anilines is 1. The zero-order valence-electron chi connectivity index (χ0n) is 18.1. The molecule has 1 aliphatic heterocycles. The maximum atomic E-state index is 13.1. The fraction of sp³-hybridized carbons (Fsp3) is 0.304. The Morgan fingerprint density at radius 1 is 1.03 bits per heavy atom. The van der Waals surface area contributed by atoms with Crippen LogP contribution in [0.2, 0.25) is 0 Å². The lowest BCUT2D eigenvalue weighted by Gasteiger charge is -2.26. The summed E-state index contributed by atoms with van der Waals surface area (Å²) in [4.78, 5) is 12.7. The zero-order valence-corrected chi connectivity index (χ0v) is 18.9. The van der Waals surface area contributed by atoms with Gasteiger partial charge in [0.25, 0.3) is 5.91 Å². The van der Waals surface area contributed by atoms with Crippen LogP contribution in [-0.4, -0.2) is 54.7 Å². The van der Waals surface area contributed by atoms with Crippen LogP contribution in [-0.2, 0) is 21.3 Å². The Labute approximate surface area is 187 Å². The van der Waals surface area contributed by atoms with Gasteiger partial charge in [0.05, 0.1) is 31.1 Å². The van der Waals surface area contributed by atoms with Gasteiger partial charge in [-0.05, 0) is 43.7 Å². The molecule has 4 rings (SSSR count). The molecule has 168 valence electrons. The van der Waals surface area contributed by atoms with E-state index in [1.807, 2.05) is 42.5 Å². The third-order valence-corrected chi connectivity index (χ3v) is 7.61. The lowest BCUT2D eigenvalue weighted by atomic mass is 10.1. The number of para-hydroxylation sites is 1. The number of morpholine rings is 1. The number of sulfonamides is 1. The number of benzene rings is 2. The number of ether oxygens (including phenoxy) is 1. The minimum Gasteiger partial charge on any atom is -0.379 e. The minimum atomic E-state index is -3.63. The second kappa shape index (κ2) is 9.23. The number of nitrogens with one attached hydrogen (secondary N) is 1. The average molecular weight is 455 g/mol. The Bertz CT molecular complexity index is 1200. The Kier molecular flexibility index (Phi) is 6.40. The average Bonchev–Trinajstić information content (AvgIpc) is 3.08. The molecule has 0 radical (unpaired) electrons. The molecule has 9 heteroatoms. The van der Waals surface area contributed by atoms with Crippen molar-refractivity contribution in [1.82, 2.24) is 14.1 Å². The van der Waals surface area contributed by atoms with E-state index < -0.39 is 10.0 Å². The van der Waals surface area contributed by atoms with E-state index in [-0.39, 0.29) is 10.8 Å². The summed E-state index contributed by atoms with van der Waals surface area (Å²) in [5, 5.41) is 7.34. The van der Waals surface area contributed by atoms with Gasteiger partial charge in [-0.1, -0.05) is 30.3 Å². The van der Waals surface area contributed by atoms with E-state index in [1.165, 1.54) is 4.31 Å². The maximum Gasteiger partial charge on any atom is 0.255 e. The van der Waals surface area contributed by atoms with E-state index in [4.69, 9.17) is 4.74 Å². The molecule has 32 heavy (non-hydrogen) atoms. The second-order valence-corrected chi connectivity index (χ2v) is 9.57. The van der Waals surface area contributed by atoms with Crippen molar-refractivity contribution in [2.24, 2.45) is 0 Å². The first-order chi connectivity index (χ1) is 15.4. The minimum absolute atomic E-state index is 0.187. The molecule has 2 heterocycles. The summed E-state index contributed by atoms with van der Waals surface area (Å²) in [6.45, 7) is 5.39. The topological polar surface area (TPSA) is 93.5 Å². The smallest absolute Gasteiger partial charge is 0.255 e. The van der Waals surface area contributed by atoms with Gasteiger partial charge in [0.15, 0.2) is 0 Å². The first-order valence-corrected chi connectivity index (χ1v) is 11.9. The van der Waals surface area contributed by atoms with Gasteiger partial charge in [-0.25, -0.2) is 8.42 Å². The van der Waals surface area contributed by atoms with Crippen molar-refractivity contribution in [2.75, 3.05) is 31.6 Å². The summed E-state index contributed by atoms with van der Waals surface area (Å²) < 4.78 is 34.7. The van der Waals surface area contributed by atoms with Gasteiger partial charge in [0, 0.05) is 24.3 Å². The first-order valence-electron chi connectivity index (χ1n) is 10.4. The Balaban J connectivity index is 1.50. The lowest BCUT2D eigenvalue weighted by Crippen LogP contribution is -2.41. The van der Waals surface area contributed by atoms with E-state index in [0.29, 0.717) is 49.8 Å². The number of aromatic nitrogens is 2. The van der Waals surface area contributed by atoms with Gasteiger partial charge in [-0.3, -0.25) is 9.48 Å². The number of carbonyl (C=O) groups is 1. The normalized spacial score (nSPS) is 14.9. The second-order valence-electron chi connectivity index (χ2n) is 7.69. The summed E-state index contributed by atoms with van der Waals surface area (Å²) in [7, 11) is -3.63. The molecule has 0 bridgehead atoms. The van der Waals surface area contributed by atoms with Crippen molar-refractivity contribution < 1.29 is 17.9 Å². The molecule has 0 unspecified atom stereocenters. The maximum absolute atomic E-state index is 13.1. The highest BCUT2D eigenvalue weighted by molar-refractivity contribution is 7.89. The van der Waals surface area contributed by atoms with Gasteiger partial charge in [0.2, 0.25) is 10.0 Å². The standard InChI is InChI=1S/C23H26N4O4S/c1-17-22(32(29,30)26-12-14-31-15-13-26)18(2)27(25-17)16-19-8-10-20(11-9-19)23(28)24-21-6-4-3-5-7-21/h3-11H,12-16H2,1-2H3,(H,24,28). The molecule has 8 nitrogen and oxygen atoms in total. The summed E-state index contributed by atoms with van der Waals surface area (Å²) in [5.41, 5.74) is 3.27. The van der Waals surface area contributed by atoms with Crippen LogP contribution in [0, 0.1) is 13.8 Å². The fourth-order valence-corrected chi connectivity index (χ4v) is 5.56. The number of hydrogen-bond donors (Lipinski definition) is 1. The number of amides is 1. The molecule has 0 saturated carbocycles. The highest BCUT2D eigenvalue weighted by Crippen LogP contribution is 2.25. The van der Waals surface area contributed by atoms with Crippen LogP contribution in [0.5, 0.6) is 0 Å². The quantitative estimate of drug-likeness (QED) is 0.618. The van der Waals surface area contributed by atoms with Crippen LogP contribution in [0.4, 0.5) is 5.69 Å². The molecule has 1 aromatic heterocycles. The largest absolute Gasteiger partial charge is 0.379 e. The molecular weight excluding hydrogens is 428 g/mol. The summed E-state index contributed by atoms with van der Waals surface area (Å²) in [5.74, 6) is -0.187. The van der Waals surface area contributed by atoms with Crippen molar-refractivity contribution in [3.63, 3.8) is 0 Å². The Hall–Kier alpha value is -3.01. The van der Waals surface area contributed by atoms with Crippen molar-refractivity contribution in [3.05, 3.63) is 77.1 Å². The van der Waals surface area contributed by atoms with Crippen molar-refractivity contribution in [3.8, 4) is 0 Å². The van der Waals surface area contributed by atoms with Gasteiger partial charge in [0.1, 0.15) is 4.90 Å². The molecule has 1 saturated heterocycles. The van der Waals surface area contributed by atoms with Crippen LogP contribution in [0.3, 0.4) is 0 Å². The number of aryl methyl sites for hydroxylation is 1. The van der Waals surface area contributed by atoms with Crippen LogP contribution in [0.1, 0.15) is 27.3 Å². The van der Waals surface area contributed by atoms with Crippen LogP contribution in [0.25, 0.3) is 0 Å². The van der Waals surface area contributed by atoms with E-state index in [9.17, 15) is 13.2 Å². The third-order valence-electron chi connectivity index (χ3n) is 5.46. The zero-order chi connectivity index (χ0) is 22.7. The summed E-state index contributed by atoms with van der Waals surface area (Å²) >= 11 is 0. The highest BCUT2D eigenvalue weighted by Gasteiger charge is 2.32.